The summed E-state index contributed by atoms with van der Waals surface area (Å²) in [7, 11) is 2.07. The van der Waals surface area contributed by atoms with E-state index in [0.29, 0.717) is 48.3 Å². The van der Waals surface area contributed by atoms with Crippen LogP contribution >= 0.6 is 11.6 Å². The summed E-state index contributed by atoms with van der Waals surface area (Å²) >= 11 is 6.12. The summed E-state index contributed by atoms with van der Waals surface area (Å²) in [6.07, 6.45) is -0.152. The first-order valence-corrected chi connectivity index (χ1v) is 13.7. The Labute approximate surface area is 226 Å². The Balaban J connectivity index is 1.51. The highest BCUT2D eigenvalue weighted by Crippen LogP contribution is 2.39. The van der Waals surface area contributed by atoms with Crippen LogP contribution in [0.15, 0.2) is 60.7 Å². The minimum atomic E-state index is -0.918. The van der Waals surface area contributed by atoms with Crippen molar-refractivity contribution < 1.29 is 13.9 Å². The molecule has 6 rings (SSSR count). The van der Waals surface area contributed by atoms with Crippen molar-refractivity contribution >= 4 is 39.3 Å². The Bertz CT molecular complexity index is 1460. The molecule has 2 saturated heterocycles. The molecule has 198 valence electrons. The number of carbonyl (C=O) groups excluding carboxylic acids is 1. The molecule has 0 aliphatic carbocycles. The van der Waals surface area contributed by atoms with Gasteiger partial charge in [0.1, 0.15) is 11.9 Å². The van der Waals surface area contributed by atoms with Crippen molar-refractivity contribution in [1.29, 1.82) is 0 Å². The number of amides is 1. The van der Waals surface area contributed by atoms with Crippen LogP contribution in [-0.2, 0) is 6.54 Å². The Hall–Kier alpha value is -3.13. The first-order chi connectivity index (χ1) is 18.5. The third-order valence-corrected chi connectivity index (χ3v) is 8.12. The third-order valence-electron chi connectivity index (χ3n) is 7.87. The molecule has 0 bridgehead atoms. The van der Waals surface area contributed by atoms with Crippen LogP contribution < -0.4 is 10.1 Å². The van der Waals surface area contributed by atoms with Gasteiger partial charge in [-0.1, -0.05) is 29.8 Å². The predicted octanol–water partition coefficient (Wildman–Crippen LogP) is 5.58. The molecule has 38 heavy (non-hydrogen) atoms. The van der Waals surface area contributed by atoms with Crippen molar-refractivity contribution in [1.82, 2.24) is 19.7 Å². The second-order valence-electron chi connectivity index (χ2n) is 10.4. The number of hydrogen-bond donors (Lipinski definition) is 1. The summed E-state index contributed by atoms with van der Waals surface area (Å²) in [4.78, 5) is 17.8. The molecule has 2 aliphatic rings. The SMILES string of the molecule is CN1CCN(C(=O)c2cc(Oc3ccc(Cl)cc3)c3c(c2)c2ccccc2n3C[C@H]2CCNC[C@H]2F)CC1. The maximum Gasteiger partial charge on any atom is 0.254 e. The van der Waals surface area contributed by atoms with Gasteiger partial charge in [0, 0.05) is 72.1 Å². The van der Waals surface area contributed by atoms with Crippen molar-refractivity contribution in [2.24, 2.45) is 5.92 Å². The number of halogens is 2. The van der Waals surface area contributed by atoms with E-state index in [-0.39, 0.29) is 11.8 Å². The number of likely N-dealkylation sites (N-methyl/N-ethyl adjacent to an activating group) is 1. The molecule has 0 unspecified atom stereocenters. The number of aromatic nitrogens is 1. The first-order valence-electron chi connectivity index (χ1n) is 13.3. The standard InChI is InChI=1S/C30H32ClFN4O2/c1-34-12-14-35(15-13-34)30(37)21-16-25-24-4-2-3-5-27(24)36(19-20-10-11-33-18-26(20)32)29(25)28(17-21)38-23-8-6-22(31)7-9-23/h2-9,16-17,20,26,33H,10-15,18-19H2,1H3/t20-,26-/m1/s1. The van der Waals surface area contributed by atoms with Gasteiger partial charge in [-0.2, -0.15) is 0 Å². The lowest BCUT2D eigenvalue weighted by molar-refractivity contribution is 0.0664. The maximum absolute atomic E-state index is 15.0. The van der Waals surface area contributed by atoms with E-state index in [9.17, 15) is 9.18 Å². The number of ether oxygens (including phenoxy) is 1. The summed E-state index contributed by atoms with van der Waals surface area (Å²) in [6.45, 7) is 4.80. The topological polar surface area (TPSA) is 49.7 Å². The number of alkyl halides is 1. The van der Waals surface area contributed by atoms with E-state index in [1.54, 1.807) is 12.1 Å². The second kappa shape index (κ2) is 10.6. The number of fused-ring (bicyclic) bond motifs is 3. The molecule has 6 nitrogen and oxygen atoms in total. The second-order valence-corrected chi connectivity index (χ2v) is 10.9. The van der Waals surface area contributed by atoms with Gasteiger partial charge >= 0.3 is 0 Å². The van der Waals surface area contributed by atoms with Crippen molar-refractivity contribution in [3.63, 3.8) is 0 Å². The quantitative estimate of drug-likeness (QED) is 0.363. The van der Waals surface area contributed by atoms with Crippen LogP contribution in [0.3, 0.4) is 0 Å². The average Bonchev–Trinajstić information content (AvgIpc) is 3.25. The molecule has 1 amide bonds. The zero-order valence-electron chi connectivity index (χ0n) is 21.5. The third kappa shape index (κ3) is 4.86. The zero-order valence-corrected chi connectivity index (χ0v) is 22.3. The van der Waals surface area contributed by atoms with Crippen molar-refractivity contribution in [2.45, 2.75) is 19.1 Å². The van der Waals surface area contributed by atoms with Gasteiger partial charge < -0.3 is 24.4 Å². The average molecular weight is 535 g/mol. The number of para-hydroxylation sites is 1. The fourth-order valence-corrected chi connectivity index (χ4v) is 5.80. The number of rotatable bonds is 5. The molecule has 0 saturated carbocycles. The van der Waals surface area contributed by atoms with E-state index in [4.69, 9.17) is 16.3 Å². The van der Waals surface area contributed by atoms with Crippen molar-refractivity contribution in [3.05, 3.63) is 71.2 Å². The molecular weight excluding hydrogens is 503 g/mol. The molecule has 3 aromatic carbocycles. The van der Waals surface area contributed by atoms with E-state index in [1.807, 2.05) is 41.3 Å². The number of nitrogens with one attached hydrogen (secondary N) is 1. The number of carbonyl (C=O) groups is 1. The molecule has 4 aromatic rings. The number of piperidine rings is 1. The number of nitrogens with zero attached hydrogens (tertiary/aromatic N) is 3. The smallest absolute Gasteiger partial charge is 0.254 e. The van der Waals surface area contributed by atoms with Gasteiger partial charge in [-0.25, -0.2) is 4.39 Å². The van der Waals surface area contributed by atoms with Crippen LogP contribution in [0, 0.1) is 5.92 Å². The molecule has 0 radical (unpaired) electrons. The van der Waals surface area contributed by atoms with Gasteiger partial charge in [0.15, 0.2) is 5.75 Å². The summed E-state index contributed by atoms with van der Waals surface area (Å²) in [5.74, 6) is 1.11. The maximum atomic E-state index is 15.0. The zero-order chi connectivity index (χ0) is 26.2. The lowest BCUT2D eigenvalue weighted by Crippen LogP contribution is -2.47. The van der Waals surface area contributed by atoms with Gasteiger partial charge in [-0.3, -0.25) is 4.79 Å². The summed E-state index contributed by atoms with van der Waals surface area (Å²) in [5.41, 5.74) is 2.49. The lowest BCUT2D eigenvalue weighted by atomic mass is 9.96. The van der Waals surface area contributed by atoms with Gasteiger partial charge in [-0.15, -0.1) is 0 Å². The van der Waals surface area contributed by atoms with Crippen molar-refractivity contribution in [2.75, 3.05) is 46.3 Å². The van der Waals surface area contributed by atoms with Gasteiger partial charge in [-0.05, 0) is 62.5 Å². The van der Waals surface area contributed by atoms with Crippen molar-refractivity contribution in [3.8, 4) is 11.5 Å². The minimum absolute atomic E-state index is 0.0000330. The van der Waals surface area contributed by atoms with Crippen LogP contribution in [0.5, 0.6) is 11.5 Å². The Morgan fingerprint density at radius 1 is 1.05 bits per heavy atom. The van der Waals surface area contributed by atoms with E-state index >= 15 is 0 Å². The van der Waals surface area contributed by atoms with Crippen LogP contribution in [0.2, 0.25) is 5.02 Å². The predicted molar refractivity (Wildman–Crippen MR) is 150 cm³/mol. The fourth-order valence-electron chi connectivity index (χ4n) is 5.68. The molecule has 2 fully saturated rings. The van der Waals surface area contributed by atoms with E-state index in [0.717, 1.165) is 47.9 Å². The summed E-state index contributed by atoms with van der Waals surface area (Å²) in [6, 6.07) is 19.2. The number of hydrogen-bond acceptors (Lipinski definition) is 4. The Morgan fingerprint density at radius 3 is 2.58 bits per heavy atom. The molecule has 0 spiro atoms. The monoisotopic (exact) mass is 534 g/mol. The first kappa shape index (κ1) is 25.2. The Kier molecular flexibility index (Phi) is 6.99. The molecule has 1 N–H and O–H groups in total. The highest BCUT2D eigenvalue weighted by Gasteiger charge is 2.28. The van der Waals surface area contributed by atoms with Crippen LogP contribution in [0.25, 0.3) is 21.8 Å². The lowest BCUT2D eigenvalue weighted by Gasteiger charge is -2.32. The van der Waals surface area contributed by atoms with Gasteiger partial charge in [0.05, 0.1) is 5.52 Å². The normalized spacial score (nSPS) is 20.8. The van der Waals surface area contributed by atoms with Crippen LogP contribution in [0.4, 0.5) is 4.39 Å². The minimum Gasteiger partial charge on any atom is -0.455 e. The number of benzene rings is 3. The molecular formula is C30H32ClFN4O2. The molecule has 2 atom stereocenters. The number of piperazine rings is 1. The van der Waals surface area contributed by atoms with Gasteiger partial charge in [0.25, 0.3) is 5.91 Å². The molecule has 3 heterocycles. The highest BCUT2D eigenvalue weighted by molar-refractivity contribution is 6.30. The van der Waals surface area contributed by atoms with Crippen LogP contribution in [-0.4, -0.2) is 72.8 Å². The molecule has 2 aliphatic heterocycles. The fraction of sp³-hybridized carbons (Fsp3) is 0.367. The Morgan fingerprint density at radius 2 is 1.82 bits per heavy atom. The van der Waals surface area contributed by atoms with Gasteiger partial charge in [0.2, 0.25) is 0 Å². The molecule has 8 heteroatoms. The molecule has 1 aromatic heterocycles. The van der Waals surface area contributed by atoms with Crippen LogP contribution in [0.1, 0.15) is 16.8 Å². The van der Waals surface area contributed by atoms with E-state index in [1.165, 1.54) is 0 Å². The summed E-state index contributed by atoms with van der Waals surface area (Å²) in [5, 5.41) is 5.74. The summed E-state index contributed by atoms with van der Waals surface area (Å²) < 4.78 is 23.6. The van der Waals surface area contributed by atoms with E-state index < -0.39 is 6.17 Å². The van der Waals surface area contributed by atoms with E-state index in [2.05, 4.69) is 34.0 Å². The highest BCUT2D eigenvalue weighted by atomic mass is 35.5. The largest absolute Gasteiger partial charge is 0.455 e.